The molecule has 6 nitrogen and oxygen atoms in total. The van der Waals surface area contributed by atoms with Gasteiger partial charge in [-0.15, -0.1) is 0 Å². The number of hydrogen-bond acceptors (Lipinski definition) is 3. The molecule has 0 unspecified atom stereocenters. The highest BCUT2D eigenvalue weighted by atomic mass is 16.4. The van der Waals surface area contributed by atoms with Crippen LogP contribution in [0.3, 0.4) is 0 Å². The van der Waals surface area contributed by atoms with Crippen molar-refractivity contribution in [2.45, 2.75) is 26.3 Å². The average Bonchev–Trinajstić information content (AvgIpc) is 2.66. The maximum absolute atomic E-state index is 11.4. The molecular formula is C10H15N3O3. The number of carboxylic acids is 1. The third kappa shape index (κ3) is 3.38. The van der Waals surface area contributed by atoms with E-state index < -0.39 is 5.97 Å². The number of nitrogens with one attached hydrogen (secondary N) is 1. The summed E-state index contributed by atoms with van der Waals surface area (Å²) in [6.45, 7) is 2.58. The number of carboxylic acid groups (broad SMARTS) is 1. The fourth-order valence-electron chi connectivity index (χ4n) is 1.24. The van der Waals surface area contributed by atoms with Crippen molar-refractivity contribution in [3.8, 4) is 0 Å². The van der Waals surface area contributed by atoms with E-state index in [9.17, 15) is 9.59 Å². The quantitative estimate of drug-likeness (QED) is 0.690. The van der Waals surface area contributed by atoms with E-state index in [0.717, 1.165) is 12.8 Å². The number of carbonyl (C=O) groups is 2. The summed E-state index contributed by atoms with van der Waals surface area (Å²) in [6.07, 6.45) is 3.28. The van der Waals surface area contributed by atoms with Gasteiger partial charge in [-0.25, -0.2) is 9.48 Å². The molecule has 0 radical (unpaired) electrons. The van der Waals surface area contributed by atoms with E-state index in [1.807, 2.05) is 6.92 Å². The Balaban J connectivity index is 2.49. The lowest BCUT2D eigenvalue weighted by Gasteiger charge is -2.05. The SMILES string of the molecule is CCCCNC(=O)Cn1nccc1C(=O)O. The van der Waals surface area contributed by atoms with Gasteiger partial charge in [-0.3, -0.25) is 4.79 Å². The largest absolute Gasteiger partial charge is 0.477 e. The maximum atomic E-state index is 11.4. The lowest BCUT2D eigenvalue weighted by Crippen LogP contribution is -2.29. The zero-order valence-electron chi connectivity index (χ0n) is 9.14. The number of hydrogen-bond donors (Lipinski definition) is 2. The van der Waals surface area contributed by atoms with Crippen LogP contribution in [0.4, 0.5) is 0 Å². The van der Waals surface area contributed by atoms with Gasteiger partial charge in [0.1, 0.15) is 12.2 Å². The van der Waals surface area contributed by atoms with Gasteiger partial charge in [-0.05, 0) is 12.5 Å². The van der Waals surface area contributed by atoms with Crippen LogP contribution in [0.2, 0.25) is 0 Å². The van der Waals surface area contributed by atoms with Crippen LogP contribution < -0.4 is 5.32 Å². The van der Waals surface area contributed by atoms with Gasteiger partial charge in [0.2, 0.25) is 5.91 Å². The number of aromatic carboxylic acids is 1. The number of unbranched alkanes of at least 4 members (excludes halogenated alkanes) is 1. The second-order valence-electron chi connectivity index (χ2n) is 3.38. The zero-order chi connectivity index (χ0) is 12.0. The van der Waals surface area contributed by atoms with Crippen LogP contribution >= 0.6 is 0 Å². The highest BCUT2D eigenvalue weighted by Gasteiger charge is 2.12. The van der Waals surface area contributed by atoms with Crippen LogP contribution in [0.5, 0.6) is 0 Å². The van der Waals surface area contributed by atoms with Crippen molar-refractivity contribution < 1.29 is 14.7 Å². The molecule has 0 fully saturated rings. The fraction of sp³-hybridized carbons (Fsp3) is 0.500. The molecule has 0 saturated carbocycles. The molecule has 6 heteroatoms. The summed E-state index contributed by atoms with van der Waals surface area (Å²) in [7, 11) is 0. The Labute approximate surface area is 93.3 Å². The molecular weight excluding hydrogens is 210 g/mol. The van der Waals surface area contributed by atoms with E-state index in [4.69, 9.17) is 5.11 Å². The number of rotatable bonds is 6. The minimum absolute atomic E-state index is 0.0191. The predicted molar refractivity (Wildman–Crippen MR) is 57.1 cm³/mol. The molecule has 2 N–H and O–H groups in total. The number of amides is 1. The minimum atomic E-state index is -1.08. The van der Waals surface area contributed by atoms with Gasteiger partial charge in [0.25, 0.3) is 0 Å². The minimum Gasteiger partial charge on any atom is -0.477 e. The van der Waals surface area contributed by atoms with Gasteiger partial charge in [-0.2, -0.15) is 5.10 Å². The lowest BCUT2D eigenvalue weighted by molar-refractivity contribution is -0.121. The Morgan fingerprint density at radius 2 is 2.31 bits per heavy atom. The number of carbonyl (C=O) groups excluding carboxylic acids is 1. The summed E-state index contributed by atoms with van der Waals surface area (Å²) < 4.78 is 1.17. The Kier molecular flexibility index (Phi) is 4.50. The van der Waals surface area contributed by atoms with Crippen LogP contribution in [0.15, 0.2) is 12.3 Å². The Hall–Kier alpha value is -1.85. The molecule has 0 aliphatic carbocycles. The van der Waals surface area contributed by atoms with Gasteiger partial charge >= 0.3 is 5.97 Å². The summed E-state index contributed by atoms with van der Waals surface area (Å²) in [5, 5.41) is 15.3. The van der Waals surface area contributed by atoms with E-state index in [2.05, 4.69) is 10.4 Å². The van der Waals surface area contributed by atoms with Crippen LogP contribution in [-0.4, -0.2) is 33.3 Å². The molecule has 0 aliphatic heterocycles. The third-order valence-corrected chi connectivity index (χ3v) is 2.08. The van der Waals surface area contributed by atoms with Crippen molar-refractivity contribution in [1.29, 1.82) is 0 Å². The Morgan fingerprint density at radius 3 is 2.94 bits per heavy atom. The second kappa shape index (κ2) is 5.89. The van der Waals surface area contributed by atoms with Gasteiger partial charge < -0.3 is 10.4 Å². The van der Waals surface area contributed by atoms with Crippen LogP contribution in [0.25, 0.3) is 0 Å². The first kappa shape index (κ1) is 12.2. The van der Waals surface area contributed by atoms with Crippen molar-refractivity contribution in [1.82, 2.24) is 15.1 Å². The molecule has 0 saturated heterocycles. The first-order valence-corrected chi connectivity index (χ1v) is 5.17. The Bertz CT molecular complexity index is 373. The van der Waals surface area contributed by atoms with Crippen LogP contribution in [-0.2, 0) is 11.3 Å². The van der Waals surface area contributed by atoms with Gasteiger partial charge in [0.15, 0.2) is 0 Å². The molecule has 0 atom stereocenters. The molecule has 0 aromatic carbocycles. The van der Waals surface area contributed by atoms with E-state index >= 15 is 0 Å². The molecule has 0 bridgehead atoms. The first-order valence-electron chi connectivity index (χ1n) is 5.17. The Morgan fingerprint density at radius 1 is 1.56 bits per heavy atom. The third-order valence-electron chi connectivity index (χ3n) is 2.08. The van der Waals surface area contributed by atoms with Crippen molar-refractivity contribution >= 4 is 11.9 Å². The smallest absolute Gasteiger partial charge is 0.354 e. The number of aromatic nitrogens is 2. The van der Waals surface area contributed by atoms with E-state index in [0.29, 0.717) is 6.54 Å². The number of nitrogens with zero attached hydrogens (tertiary/aromatic N) is 2. The summed E-state index contributed by atoms with van der Waals surface area (Å²) in [4.78, 5) is 22.1. The monoisotopic (exact) mass is 225 g/mol. The maximum Gasteiger partial charge on any atom is 0.354 e. The summed E-state index contributed by atoms with van der Waals surface area (Å²) in [6, 6.07) is 1.36. The summed E-state index contributed by atoms with van der Waals surface area (Å²) in [5.41, 5.74) is 0.0191. The molecule has 0 aliphatic rings. The molecule has 0 spiro atoms. The van der Waals surface area contributed by atoms with Crippen LogP contribution in [0, 0.1) is 0 Å². The summed E-state index contributed by atoms with van der Waals surface area (Å²) in [5.74, 6) is -1.31. The van der Waals surface area contributed by atoms with Crippen LogP contribution in [0.1, 0.15) is 30.3 Å². The highest BCUT2D eigenvalue weighted by molar-refractivity contribution is 5.86. The second-order valence-corrected chi connectivity index (χ2v) is 3.38. The molecule has 1 rings (SSSR count). The molecule has 1 amide bonds. The van der Waals surface area contributed by atoms with E-state index in [1.54, 1.807) is 0 Å². The van der Waals surface area contributed by atoms with Gasteiger partial charge in [-0.1, -0.05) is 13.3 Å². The van der Waals surface area contributed by atoms with E-state index in [1.165, 1.54) is 16.9 Å². The molecule has 1 aromatic heterocycles. The average molecular weight is 225 g/mol. The molecule has 88 valence electrons. The zero-order valence-corrected chi connectivity index (χ0v) is 9.14. The van der Waals surface area contributed by atoms with Crippen molar-refractivity contribution in [2.24, 2.45) is 0 Å². The fourth-order valence-corrected chi connectivity index (χ4v) is 1.24. The topological polar surface area (TPSA) is 84.2 Å². The standard InChI is InChI=1S/C10H15N3O3/c1-2-3-5-11-9(14)7-13-8(10(15)16)4-6-12-13/h4,6H,2-3,5,7H2,1H3,(H,11,14)(H,15,16). The van der Waals surface area contributed by atoms with Gasteiger partial charge in [0.05, 0.1) is 0 Å². The predicted octanol–water partition coefficient (Wildman–Crippen LogP) is 0.498. The molecule has 1 aromatic rings. The van der Waals surface area contributed by atoms with Crippen molar-refractivity contribution in [3.63, 3.8) is 0 Å². The van der Waals surface area contributed by atoms with E-state index in [-0.39, 0.29) is 18.1 Å². The molecule has 16 heavy (non-hydrogen) atoms. The van der Waals surface area contributed by atoms with Gasteiger partial charge in [0, 0.05) is 12.7 Å². The van der Waals surface area contributed by atoms with Crippen molar-refractivity contribution in [2.75, 3.05) is 6.54 Å². The molecule has 1 heterocycles. The normalized spacial score (nSPS) is 10.1. The van der Waals surface area contributed by atoms with Crippen molar-refractivity contribution in [3.05, 3.63) is 18.0 Å². The highest BCUT2D eigenvalue weighted by Crippen LogP contribution is 1.98. The lowest BCUT2D eigenvalue weighted by atomic mass is 10.3. The summed E-state index contributed by atoms with van der Waals surface area (Å²) >= 11 is 0. The first-order chi connectivity index (χ1) is 7.65.